The van der Waals surface area contributed by atoms with E-state index in [9.17, 15) is 5.11 Å². The third-order valence-corrected chi connectivity index (χ3v) is 3.62. The Morgan fingerprint density at radius 1 is 1.31 bits per heavy atom. The largest absolute Gasteiger partial charge is 0.506 e. The van der Waals surface area contributed by atoms with E-state index in [2.05, 4.69) is 45.2 Å². The predicted molar refractivity (Wildman–Crippen MR) is 86.0 cm³/mol. The van der Waals surface area contributed by atoms with Gasteiger partial charge in [0, 0.05) is 15.2 Å². The summed E-state index contributed by atoms with van der Waals surface area (Å²) in [7, 11) is 0. The van der Waals surface area contributed by atoms with Crippen LogP contribution in [-0.4, -0.2) is 11.7 Å². The van der Waals surface area contributed by atoms with Crippen molar-refractivity contribution in [2.75, 3.05) is 6.54 Å². The number of hydrogen-bond donors (Lipinski definition) is 3. The monoisotopic (exact) mass is 468 g/mol. The van der Waals surface area contributed by atoms with E-state index >= 15 is 0 Å². The maximum atomic E-state index is 9.87. The molecule has 16 heavy (non-hydrogen) atoms. The molecular weight excluding hydrogens is 453 g/mol. The van der Waals surface area contributed by atoms with Crippen LogP contribution in [0.2, 0.25) is 0 Å². The molecule has 1 aromatic carbocycles. The van der Waals surface area contributed by atoms with Gasteiger partial charge in [-0.05, 0) is 76.7 Å². The van der Waals surface area contributed by atoms with Crippen molar-refractivity contribution >= 4 is 57.6 Å². The number of nitrogens with two attached hydrogens (primary N) is 2. The van der Waals surface area contributed by atoms with E-state index in [0.29, 0.717) is 12.3 Å². The molecule has 5 N–H and O–H groups in total. The first-order chi connectivity index (χ1) is 7.06. The van der Waals surface area contributed by atoms with Crippen LogP contribution in [-0.2, 0) is 0 Å². The van der Waals surface area contributed by atoms with Gasteiger partial charge in [0.05, 0.1) is 3.57 Å². The van der Waals surface area contributed by atoms with Gasteiger partial charge in [0.25, 0.3) is 0 Å². The first-order valence-corrected chi connectivity index (χ1v) is 6.85. The zero-order valence-corrected chi connectivity index (χ0v) is 13.8. The van der Waals surface area contributed by atoms with E-state index in [-0.39, 0.29) is 18.4 Å². The highest BCUT2D eigenvalue weighted by molar-refractivity contribution is 14.1. The van der Waals surface area contributed by atoms with Gasteiger partial charge in [-0.1, -0.05) is 0 Å². The number of rotatable bonds is 4. The molecule has 3 nitrogen and oxygen atoms in total. The van der Waals surface area contributed by atoms with Crippen molar-refractivity contribution in [2.45, 2.75) is 18.9 Å². The Labute approximate surface area is 129 Å². The first-order valence-electron chi connectivity index (χ1n) is 4.69. The molecule has 0 aliphatic rings. The number of hydrogen-bond acceptors (Lipinski definition) is 3. The Morgan fingerprint density at radius 3 is 2.50 bits per heavy atom. The van der Waals surface area contributed by atoms with E-state index in [0.717, 1.165) is 25.5 Å². The smallest absolute Gasteiger partial charge is 0.133 e. The standard InChI is InChI=1S/C10H14I2N2O.ClH/c11-6-4-7(9(14)2-1-3-13)10(15)8(12)5-6;/h4-5,9,15H,1-3,13-14H2;1H/t9-;/m1./s1. The molecule has 92 valence electrons. The summed E-state index contributed by atoms with van der Waals surface area (Å²) in [4.78, 5) is 0. The summed E-state index contributed by atoms with van der Waals surface area (Å²) in [5, 5.41) is 9.87. The van der Waals surface area contributed by atoms with Crippen molar-refractivity contribution in [3.8, 4) is 5.75 Å². The summed E-state index contributed by atoms with van der Waals surface area (Å²) < 4.78 is 1.94. The molecule has 0 spiro atoms. The zero-order valence-electron chi connectivity index (χ0n) is 8.62. The van der Waals surface area contributed by atoms with Gasteiger partial charge >= 0.3 is 0 Å². The van der Waals surface area contributed by atoms with E-state index in [1.165, 1.54) is 0 Å². The zero-order chi connectivity index (χ0) is 11.4. The molecule has 1 aromatic rings. The lowest BCUT2D eigenvalue weighted by Gasteiger charge is -2.14. The molecule has 0 aliphatic carbocycles. The molecule has 0 saturated carbocycles. The average Bonchev–Trinajstić information content (AvgIpc) is 2.19. The number of benzene rings is 1. The second-order valence-electron chi connectivity index (χ2n) is 3.36. The molecule has 0 fully saturated rings. The third-order valence-electron chi connectivity index (χ3n) is 2.18. The Kier molecular flexibility index (Phi) is 8.25. The van der Waals surface area contributed by atoms with Gasteiger partial charge in [-0.25, -0.2) is 0 Å². The summed E-state index contributed by atoms with van der Waals surface area (Å²) in [5.74, 6) is 0.306. The van der Waals surface area contributed by atoms with Crippen LogP contribution in [0.25, 0.3) is 0 Å². The second-order valence-corrected chi connectivity index (χ2v) is 5.77. The molecule has 0 saturated heterocycles. The van der Waals surface area contributed by atoms with Gasteiger partial charge in [-0.3, -0.25) is 0 Å². The number of halogens is 3. The van der Waals surface area contributed by atoms with Crippen molar-refractivity contribution in [2.24, 2.45) is 11.5 Å². The molecule has 0 radical (unpaired) electrons. The van der Waals surface area contributed by atoms with Crippen molar-refractivity contribution in [1.82, 2.24) is 0 Å². The highest BCUT2D eigenvalue weighted by atomic mass is 127. The van der Waals surface area contributed by atoms with Gasteiger partial charge in [0.15, 0.2) is 0 Å². The molecule has 6 heteroatoms. The minimum Gasteiger partial charge on any atom is -0.506 e. The van der Waals surface area contributed by atoms with Crippen molar-refractivity contribution < 1.29 is 5.11 Å². The van der Waals surface area contributed by atoms with Crippen LogP contribution >= 0.6 is 57.6 Å². The Morgan fingerprint density at radius 2 is 1.94 bits per heavy atom. The fraction of sp³-hybridized carbons (Fsp3) is 0.400. The summed E-state index contributed by atoms with van der Waals surface area (Å²) >= 11 is 4.33. The SMILES string of the molecule is Cl.NCCC[C@@H](N)c1cc(I)cc(I)c1O. The highest BCUT2D eigenvalue weighted by Crippen LogP contribution is 2.31. The number of aromatic hydroxyl groups is 1. The highest BCUT2D eigenvalue weighted by Gasteiger charge is 2.13. The lowest BCUT2D eigenvalue weighted by Crippen LogP contribution is -2.13. The lowest BCUT2D eigenvalue weighted by atomic mass is 10.0. The molecular formula is C10H15ClI2N2O. The van der Waals surface area contributed by atoms with E-state index in [1.54, 1.807) is 0 Å². The minimum absolute atomic E-state index is 0. The topological polar surface area (TPSA) is 72.3 Å². The quantitative estimate of drug-likeness (QED) is 0.596. The molecule has 0 bridgehead atoms. The summed E-state index contributed by atoms with van der Waals surface area (Å²) in [5.41, 5.74) is 12.2. The van der Waals surface area contributed by atoms with Crippen LogP contribution in [0.3, 0.4) is 0 Å². The van der Waals surface area contributed by atoms with Gasteiger partial charge in [-0.2, -0.15) is 0 Å². The van der Waals surface area contributed by atoms with Crippen LogP contribution in [0.5, 0.6) is 5.75 Å². The molecule has 0 heterocycles. The molecule has 0 aromatic heterocycles. The second kappa shape index (κ2) is 7.91. The van der Waals surface area contributed by atoms with Gasteiger partial charge in [0.2, 0.25) is 0 Å². The molecule has 1 atom stereocenters. The fourth-order valence-electron chi connectivity index (χ4n) is 1.36. The van der Waals surface area contributed by atoms with Crippen LogP contribution in [0.1, 0.15) is 24.4 Å². The van der Waals surface area contributed by atoms with E-state index in [1.807, 2.05) is 12.1 Å². The van der Waals surface area contributed by atoms with Crippen LogP contribution in [0.15, 0.2) is 12.1 Å². The number of phenolic OH excluding ortho intramolecular Hbond substituents is 1. The fourth-order valence-corrected chi connectivity index (χ4v) is 3.25. The maximum Gasteiger partial charge on any atom is 0.133 e. The Bertz CT molecular complexity index is 350. The van der Waals surface area contributed by atoms with Crippen molar-refractivity contribution in [1.29, 1.82) is 0 Å². The minimum atomic E-state index is -0.128. The van der Waals surface area contributed by atoms with Crippen LogP contribution in [0.4, 0.5) is 0 Å². The van der Waals surface area contributed by atoms with Gasteiger partial charge in [0.1, 0.15) is 5.75 Å². The molecule has 1 rings (SSSR count). The summed E-state index contributed by atoms with van der Waals surface area (Å²) in [6.07, 6.45) is 1.68. The van der Waals surface area contributed by atoms with E-state index < -0.39 is 0 Å². The molecule has 0 amide bonds. The Hall–Kier alpha value is 0.690. The van der Waals surface area contributed by atoms with E-state index in [4.69, 9.17) is 11.5 Å². The Balaban J connectivity index is 0.00000225. The summed E-state index contributed by atoms with van der Waals surface area (Å²) in [6, 6.07) is 3.73. The molecule has 0 aliphatic heterocycles. The van der Waals surface area contributed by atoms with Crippen molar-refractivity contribution in [3.63, 3.8) is 0 Å². The lowest BCUT2D eigenvalue weighted by molar-refractivity contribution is 0.453. The number of phenols is 1. The third kappa shape index (κ3) is 4.52. The van der Waals surface area contributed by atoms with Crippen molar-refractivity contribution in [3.05, 3.63) is 24.8 Å². The van der Waals surface area contributed by atoms with Gasteiger partial charge < -0.3 is 16.6 Å². The molecule has 0 unspecified atom stereocenters. The average molecular weight is 469 g/mol. The summed E-state index contributed by atoms with van der Waals surface area (Å²) in [6.45, 7) is 0.634. The predicted octanol–water partition coefficient (Wildman–Crippen LogP) is 2.76. The van der Waals surface area contributed by atoms with Gasteiger partial charge in [-0.15, -0.1) is 12.4 Å². The van der Waals surface area contributed by atoms with Crippen LogP contribution < -0.4 is 11.5 Å². The first kappa shape index (κ1) is 16.7. The normalized spacial score (nSPS) is 12.0. The maximum absolute atomic E-state index is 9.87. The van der Waals surface area contributed by atoms with Crippen LogP contribution in [0, 0.1) is 7.14 Å².